The molecule has 1 heteroatoms. The molecular weight excluding hydrogens is 158 g/mol. The largest absolute Gasteiger partial charge is 0.209 e. The molecule has 0 saturated carbocycles. The van der Waals surface area contributed by atoms with Crippen LogP contribution in [0.1, 0.15) is 26.3 Å². The number of nitrogens with zero attached hydrogens (tertiary/aromatic N) is 1. The lowest BCUT2D eigenvalue weighted by Crippen LogP contribution is -2.25. The predicted octanol–water partition coefficient (Wildman–Crippen LogP) is 2.71. The van der Waals surface area contributed by atoms with Crippen LogP contribution in [0.5, 0.6) is 0 Å². The molecule has 0 aromatic heterocycles. The maximum absolute atomic E-state index is 2.29. The standard InChI is InChI=1S/C12H16N/c1-9-12(2,3)10-7-5-6-8-11(10)13(9)4/h5-8H,1-4H3/q+1. The number of hydrogen-bond donors (Lipinski definition) is 0. The van der Waals surface area contributed by atoms with Crippen LogP contribution in [0.4, 0.5) is 5.69 Å². The number of para-hydroxylation sites is 1. The van der Waals surface area contributed by atoms with Gasteiger partial charge in [-0.05, 0) is 13.8 Å². The smallest absolute Gasteiger partial charge is 0.202 e. The lowest BCUT2D eigenvalue weighted by Gasteiger charge is -2.14. The fourth-order valence-electron chi connectivity index (χ4n) is 2.09. The van der Waals surface area contributed by atoms with Crippen LogP contribution in [0.3, 0.4) is 0 Å². The molecule has 0 radical (unpaired) electrons. The Hall–Kier alpha value is -1.11. The van der Waals surface area contributed by atoms with E-state index < -0.39 is 0 Å². The first-order chi connectivity index (χ1) is 6.05. The number of fused-ring (bicyclic) bond motifs is 1. The Morgan fingerprint density at radius 1 is 1.15 bits per heavy atom. The van der Waals surface area contributed by atoms with Crippen molar-refractivity contribution in [3.05, 3.63) is 29.8 Å². The summed E-state index contributed by atoms with van der Waals surface area (Å²) in [5, 5.41) is 0. The molecule has 0 spiro atoms. The third-order valence-electron chi connectivity index (χ3n) is 3.35. The SMILES string of the molecule is CC1=[N+](C)c2ccccc2C1(C)C. The van der Waals surface area contributed by atoms with Crippen molar-refractivity contribution in [2.45, 2.75) is 26.2 Å². The molecule has 0 aliphatic carbocycles. The van der Waals surface area contributed by atoms with E-state index in [0.717, 1.165) is 0 Å². The zero-order valence-corrected chi connectivity index (χ0v) is 8.76. The van der Waals surface area contributed by atoms with Gasteiger partial charge in [0, 0.05) is 18.6 Å². The van der Waals surface area contributed by atoms with Gasteiger partial charge in [-0.3, -0.25) is 0 Å². The Morgan fingerprint density at radius 3 is 2.38 bits per heavy atom. The summed E-state index contributed by atoms with van der Waals surface area (Å²) in [7, 11) is 2.14. The van der Waals surface area contributed by atoms with Crippen LogP contribution in [0, 0.1) is 0 Å². The molecule has 0 unspecified atom stereocenters. The van der Waals surface area contributed by atoms with Gasteiger partial charge in [0.05, 0.1) is 5.41 Å². The summed E-state index contributed by atoms with van der Waals surface area (Å²) in [6, 6.07) is 8.63. The van der Waals surface area contributed by atoms with E-state index in [1.54, 1.807) is 0 Å². The van der Waals surface area contributed by atoms with Crippen molar-refractivity contribution in [3.8, 4) is 0 Å². The summed E-state index contributed by atoms with van der Waals surface area (Å²) >= 11 is 0. The van der Waals surface area contributed by atoms with Crippen molar-refractivity contribution in [1.29, 1.82) is 0 Å². The van der Waals surface area contributed by atoms with E-state index in [9.17, 15) is 0 Å². The topological polar surface area (TPSA) is 3.01 Å². The van der Waals surface area contributed by atoms with Gasteiger partial charge in [0.1, 0.15) is 7.05 Å². The fraction of sp³-hybridized carbons (Fsp3) is 0.417. The molecule has 0 amide bonds. The molecule has 0 N–H and O–H groups in total. The Bertz CT molecular complexity index is 386. The van der Waals surface area contributed by atoms with E-state index >= 15 is 0 Å². The van der Waals surface area contributed by atoms with Crippen molar-refractivity contribution in [3.63, 3.8) is 0 Å². The van der Waals surface area contributed by atoms with Gasteiger partial charge >= 0.3 is 0 Å². The molecule has 1 aliphatic rings. The molecule has 2 rings (SSSR count). The van der Waals surface area contributed by atoms with Crippen LogP contribution in [0.25, 0.3) is 0 Å². The van der Waals surface area contributed by atoms with Crippen LogP contribution in [-0.4, -0.2) is 17.3 Å². The average molecular weight is 174 g/mol. The highest BCUT2D eigenvalue weighted by molar-refractivity contribution is 5.93. The fourth-order valence-corrected chi connectivity index (χ4v) is 2.09. The maximum atomic E-state index is 2.29. The molecule has 13 heavy (non-hydrogen) atoms. The van der Waals surface area contributed by atoms with Gasteiger partial charge in [-0.15, -0.1) is 0 Å². The zero-order chi connectivity index (χ0) is 9.64. The molecule has 0 fully saturated rings. The van der Waals surface area contributed by atoms with Gasteiger partial charge in [-0.25, -0.2) is 4.58 Å². The van der Waals surface area contributed by atoms with E-state index in [1.165, 1.54) is 17.0 Å². The first-order valence-corrected chi connectivity index (χ1v) is 4.72. The van der Waals surface area contributed by atoms with Crippen LogP contribution < -0.4 is 0 Å². The van der Waals surface area contributed by atoms with Crippen LogP contribution in [-0.2, 0) is 5.41 Å². The highest BCUT2D eigenvalue weighted by atomic mass is 15.0. The highest BCUT2D eigenvalue weighted by Crippen LogP contribution is 2.38. The summed E-state index contributed by atoms with van der Waals surface area (Å²) in [5.74, 6) is 0. The maximum Gasteiger partial charge on any atom is 0.209 e. The lowest BCUT2D eigenvalue weighted by atomic mass is 9.82. The minimum atomic E-state index is 0.200. The van der Waals surface area contributed by atoms with Crippen molar-refractivity contribution < 1.29 is 4.58 Å². The summed E-state index contributed by atoms with van der Waals surface area (Å²) in [4.78, 5) is 0. The van der Waals surface area contributed by atoms with Gasteiger partial charge in [0.25, 0.3) is 0 Å². The van der Waals surface area contributed by atoms with E-state index in [0.29, 0.717) is 0 Å². The Labute approximate surface area is 79.7 Å². The van der Waals surface area contributed by atoms with E-state index in [1.807, 2.05) is 0 Å². The number of rotatable bonds is 0. The normalized spacial score (nSPS) is 19.1. The van der Waals surface area contributed by atoms with Gasteiger partial charge in [0.15, 0.2) is 5.71 Å². The van der Waals surface area contributed by atoms with Gasteiger partial charge in [-0.2, -0.15) is 0 Å². The third kappa shape index (κ3) is 0.963. The molecule has 1 aliphatic heterocycles. The molecular formula is C12H16N+. The van der Waals surface area contributed by atoms with E-state index in [-0.39, 0.29) is 5.41 Å². The van der Waals surface area contributed by atoms with Crippen LogP contribution in [0.2, 0.25) is 0 Å². The van der Waals surface area contributed by atoms with Gasteiger partial charge in [-0.1, -0.05) is 18.2 Å². The van der Waals surface area contributed by atoms with E-state index in [4.69, 9.17) is 0 Å². The Balaban J connectivity index is 2.74. The number of hydrogen-bond acceptors (Lipinski definition) is 0. The third-order valence-corrected chi connectivity index (χ3v) is 3.35. The van der Waals surface area contributed by atoms with E-state index in [2.05, 4.69) is 56.7 Å². The van der Waals surface area contributed by atoms with Crippen molar-refractivity contribution in [2.24, 2.45) is 0 Å². The van der Waals surface area contributed by atoms with Crippen LogP contribution >= 0.6 is 0 Å². The van der Waals surface area contributed by atoms with Gasteiger partial charge < -0.3 is 0 Å². The highest BCUT2D eigenvalue weighted by Gasteiger charge is 2.40. The minimum Gasteiger partial charge on any atom is -0.202 e. The van der Waals surface area contributed by atoms with Crippen LogP contribution in [0.15, 0.2) is 24.3 Å². The second-order valence-corrected chi connectivity index (χ2v) is 4.29. The van der Waals surface area contributed by atoms with Crippen molar-refractivity contribution in [1.82, 2.24) is 0 Å². The number of benzene rings is 1. The molecule has 1 aromatic carbocycles. The molecule has 1 heterocycles. The second kappa shape index (κ2) is 2.44. The molecule has 0 bridgehead atoms. The lowest BCUT2D eigenvalue weighted by molar-refractivity contribution is -0.403. The first-order valence-electron chi connectivity index (χ1n) is 4.72. The molecule has 0 saturated heterocycles. The molecule has 0 atom stereocenters. The molecule has 1 nitrogen and oxygen atoms in total. The second-order valence-electron chi connectivity index (χ2n) is 4.29. The van der Waals surface area contributed by atoms with Gasteiger partial charge in [0.2, 0.25) is 5.69 Å². The summed E-state index contributed by atoms with van der Waals surface area (Å²) in [6.07, 6.45) is 0. The quantitative estimate of drug-likeness (QED) is 0.532. The van der Waals surface area contributed by atoms with Crippen molar-refractivity contribution >= 4 is 11.4 Å². The predicted molar refractivity (Wildman–Crippen MR) is 56.0 cm³/mol. The monoisotopic (exact) mass is 174 g/mol. The minimum absolute atomic E-state index is 0.200. The Kier molecular flexibility index (Phi) is 1.59. The first kappa shape index (κ1) is 8.49. The zero-order valence-electron chi connectivity index (χ0n) is 8.76. The molecule has 1 aromatic rings. The summed E-state index contributed by atoms with van der Waals surface area (Å²) < 4.78 is 2.29. The Morgan fingerprint density at radius 2 is 1.77 bits per heavy atom. The molecule has 68 valence electrons. The summed E-state index contributed by atoms with van der Waals surface area (Å²) in [6.45, 7) is 6.77. The summed E-state index contributed by atoms with van der Waals surface area (Å²) in [5.41, 5.74) is 4.42. The van der Waals surface area contributed by atoms with Crippen molar-refractivity contribution in [2.75, 3.05) is 7.05 Å². The average Bonchev–Trinajstić information content (AvgIpc) is 2.30.